The summed E-state index contributed by atoms with van der Waals surface area (Å²) < 4.78 is 26.1. The van der Waals surface area contributed by atoms with Crippen LogP contribution in [-0.2, 0) is 10.0 Å². The van der Waals surface area contributed by atoms with Gasteiger partial charge in [0.25, 0.3) is 11.7 Å². The van der Waals surface area contributed by atoms with E-state index in [0.29, 0.717) is 5.69 Å². The number of carbonyl (C=O) groups excluding carboxylic acids is 1. The van der Waals surface area contributed by atoms with E-state index < -0.39 is 19.9 Å². The van der Waals surface area contributed by atoms with Gasteiger partial charge >= 0.3 is 10.0 Å². The van der Waals surface area contributed by atoms with Gasteiger partial charge in [0.15, 0.2) is 5.69 Å². The topological polar surface area (TPSA) is 106 Å². The molecular formula is C23H28N5O3S+. The van der Waals surface area contributed by atoms with Crippen LogP contribution < -0.4 is 14.6 Å². The van der Waals surface area contributed by atoms with E-state index in [2.05, 4.69) is 9.88 Å². The average molecular weight is 455 g/mol. The maximum Gasteiger partial charge on any atom is 0.329 e. The summed E-state index contributed by atoms with van der Waals surface area (Å²) in [6.45, 7) is 1.69. The van der Waals surface area contributed by atoms with Crippen LogP contribution in [-0.4, -0.2) is 44.4 Å². The summed E-state index contributed by atoms with van der Waals surface area (Å²) >= 11 is 0. The molecule has 0 bridgehead atoms. The SMILES string of the molecule is CS(=O)(=O)[N+]1(c2ccccc2)N=C(C2CCC2)c2c(N3CCCCC3)cc(C(N)=O)nc21. The molecule has 168 valence electrons. The van der Waals surface area contributed by atoms with Crippen molar-refractivity contribution in [2.75, 3.05) is 24.2 Å². The highest BCUT2D eigenvalue weighted by Crippen LogP contribution is 2.50. The number of benzene rings is 1. The van der Waals surface area contributed by atoms with Crippen molar-refractivity contribution < 1.29 is 13.2 Å². The molecule has 5 rings (SSSR count). The number of primary amides is 1. The number of rotatable bonds is 5. The first-order valence-corrected chi connectivity index (χ1v) is 13.0. The van der Waals surface area contributed by atoms with E-state index in [0.717, 1.165) is 68.6 Å². The number of nitrogens with two attached hydrogens (primary N) is 1. The Bertz CT molecular complexity index is 1200. The second-order valence-electron chi connectivity index (χ2n) is 8.89. The minimum absolute atomic E-state index is 0.0662. The second-order valence-corrected chi connectivity index (χ2v) is 10.9. The Hall–Kier alpha value is -2.78. The van der Waals surface area contributed by atoms with Gasteiger partial charge in [-0.15, -0.1) is 0 Å². The van der Waals surface area contributed by atoms with Crippen LogP contribution in [0.3, 0.4) is 0 Å². The molecule has 2 fully saturated rings. The van der Waals surface area contributed by atoms with Gasteiger partial charge in [-0.3, -0.25) is 4.79 Å². The number of hydrogen-bond donors (Lipinski definition) is 1. The third-order valence-corrected chi connectivity index (χ3v) is 8.22. The summed E-state index contributed by atoms with van der Waals surface area (Å²) in [4.78, 5) is 19.1. The number of fused-ring (bicyclic) bond motifs is 1. The molecule has 8 nitrogen and oxygen atoms in total. The van der Waals surface area contributed by atoms with E-state index >= 15 is 0 Å². The maximum atomic E-state index is 13.5. The van der Waals surface area contributed by atoms with Crippen molar-refractivity contribution in [3.8, 4) is 0 Å². The first-order valence-electron chi connectivity index (χ1n) is 11.2. The van der Waals surface area contributed by atoms with Gasteiger partial charge in [0.05, 0.1) is 11.9 Å². The molecule has 2 aromatic rings. The van der Waals surface area contributed by atoms with Gasteiger partial charge in [0.1, 0.15) is 17.0 Å². The molecule has 1 aromatic heterocycles. The van der Waals surface area contributed by atoms with Crippen LogP contribution in [0.15, 0.2) is 41.5 Å². The van der Waals surface area contributed by atoms with Crippen LogP contribution in [0.5, 0.6) is 0 Å². The summed E-state index contributed by atoms with van der Waals surface area (Å²) in [6.07, 6.45) is 7.45. The van der Waals surface area contributed by atoms with Gasteiger partial charge in [-0.1, -0.05) is 29.7 Å². The molecule has 1 saturated carbocycles. The first-order chi connectivity index (χ1) is 15.3. The lowest BCUT2D eigenvalue weighted by Crippen LogP contribution is -2.43. The zero-order chi connectivity index (χ0) is 22.5. The van der Waals surface area contributed by atoms with Crippen LogP contribution in [0.1, 0.15) is 54.6 Å². The molecule has 1 aliphatic carbocycles. The van der Waals surface area contributed by atoms with Crippen LogP contribution >= 0.6 is 0 Å². The lowest BCUT2D eigenvalue weighted by Gasteiger charge is -2.32. The molecule has 3 aliphatic rings. The molecule has 32 heavy (non-hydrogen) atoms. The largest absolute Gasteiger partial charge is 0.371 e. The van der Waals surface area contributed by atoms with Crippen molar-refractivity contribution in [3.63, 3.8) is 0 Å². The van der Waals surface area contributed by atoms with Gasteiger partial charge in [0, 0.05) is 31.1 Å². The van der Waals surface area contributed by atoms with Crippen LogP contribution in [0.4, 0.5) is 17.2 Å². The van der Waals surface area contributed by atoms with Crippen molar-refractivity contribution in [2.24, 2.45) is 16.8 Å². The van der Waals surface area contributed by atoms with E-state index in [-0.39, 0.29) is 17.4 Å². The number of amides is 1. The molecule has 0 spiro atoms. The van der Waals surface area contributed by atoms with E-state index in [9.17, 15) is 13.2 Å². The van der Waals surface area contributed by atoms with Gasteiger partial charge < -0.3 is 10.6 Å². The number of aromatic nitrogens is 1. The van der Waals surface area contributed by atoms with Gasteiger partial charge in [0.2, 0.25) is 0 Å². The van der Waals surface area contributed by atoms with Gasteiger partial charge in [-0.2, -0.15) is 13.4 Å². The monoisotopic (exact) mass is 454 g/mol. The summed E-state index contributed by atoms with van der Waals surface area (Å²) in [5.74, 6) is -0.232. The fraction of sp³-hybridized carbons (Fsp3) is 0.435. The Morgan fingerprint density at radius 1 is 1.09 bits per heavy atom. The number of nitrogens with zero attached hydrogens (tertiary/aromatic N) is 4. The smallest absolute Gasteiger partial charge is 0.329 e. The standard InChI is InChI=1S/C23H27N5O3S/c1-32(30,31)28(17-11-4-2-5-12-17)23-20(21(26-28)16-9-8-10-16)19(15-18(25-23)22(24)29)27-13-6-3-7-14-27/h2,4-5,11-12,15-16H,3,6-10,13-14H2,1H3,(H-,24,29)/p+1. The third-order valence-electron chi connectivity index (χ3n) is 6.80. The summed E-state index contributed by atoms with van der Waals surface area (Å²) in [5, 5.41) is 4.93. The highest BCUT2D eigenvalue weighted by Gasteiger charge is 2.56. The number of anilines is 1. The Labute approximate surface area is 188 Å². The zero-order valence-corrected chi connectivity index (χ0v) is 19.0. The number of piperidine rings is 1. The van der Waals surface area contributed by atoms with E-state index in [4.69, 9.17) is 10.8 Å². The number of para-hydroxylation sites is 1. The molecule has 1 amide bonds. The molecule has 2 N–H and O–H groups in total. The minimum Gasteiger partial charge on any atom is -0.371 e. The molecule has 9 heteroatoms. The molecule has 1 unspecified atom stereocenters. The number of sulfonamides is 1. The maximum absolute atomic E-state index is 13.5. The highest BCUT2D eigenvalue weighted by molar-refractivity contribution is 7.90. The first kappa shape index (κ1) is 21.1. The number of pyridine rings is 1. The minimum atomic E-state index is -3.85. The van der Waals surface area contributed by atoms with E-state index in [1.165, 1.54) is 6.26 Å². The fourth-order valence-electron chi connectivity index (χ4n) is 4.94. The average Bonchev–Trinajstić information content (AvgIpc) is 3.09. The van der Waals surface area contributed by atoms with Gasteiger partial charge in [-0.25, -0.2) is 0 Å². The molecule has 1 saturated heterocycles. The van der Waals surface area contributed by atoms with Crippen molar-refractivity contribution in [1.29, 1.82) is 0 Å². The van der Waals surface area contributed by atoms with Gasteiger partial charge in [-0.05, 0) is 42.2 Å². The van der Waals surface area contributed by atoms with Crippen molar-refractivity contribution in [1.82, 2.24) is 8.98 Å². The number of quaternary nitrogens is 1. The summed E-state index contributed by atoms with van der Waals surface area (Å²) in [6, 6.07) is 10.6. The fourth-order valence-corrected chi connectivity index (χ4v) is 6.13. The van der Waals surface area contributed by atoms with Crippen LogP contribution in [0.2, 0.25) is 0 Å². The predicted molar refractivity (Wildman–Crippen MR) is 125 cm³/mol. The Morgan fingerprint density at radius 2 is 1.78 bits per heavy atom. The second kappa shape index (κ2) is 7.67. The Balaban J connectivity index is 1.86. The number of carbonyl (C=O) groups is 1. The van der Waals surface area contributed by atoms with E-state index in [1.54, 1.807) is 30.3 Å². The normalized spacial score (nSPS) is 23.4. The molecule has 3 heterocycles. The molecule has 2 aliphatic heterocycles. The Kier molecular flexibility index (Phi) is 5.05. The lowest BCUT2D eigenvalue weighted by molar-refractivity contribution is 0.0995. The van der Waals surface area contributed by atoms with Crippen molar-refractivity contribution in [3.05, 3.63) is 47.7 Å². The summed E-state index contributed by atoms with van der Waals surface area (Å²) in [7, 11) is -3.85. The molecule has 1 atom stereocenters. The van der Waals surface area contributed by atoms with E-state index in [1.807, 2.05) is 6.07 Å². The van der Waals surface area contributed by atoms with Crippen LogP contribution in [0.25, 0.3) is 0 Å². The Morgan fingerprint density at radius 3 is 2.34 bits per heavy atom. The molecular weight excluding hydrogens is 426 g/mol. The zero-order valence-electron chi connectivity index (χ0n) is 18.2. The van der Waals surface area contributed by atoms with Crippen molar-refractivity contribution in [2.45, 2.75) is 38.5 Å². The quantitative estimate of drug-likeness (QED) is 0.698. The van der Waals surface area contributed by atoms with Crippen molar-refractivity contribution >= 4 is 38.8 Å². The summed E-state index contributed by atoms with van der Waals surface area (Å²) in [5.41, 5.74) is 8.57. The number of hydrogen-bond acceptors (Lipinski definition) is 6. The molecule has 1 aromatic carbocycles. The third kappa shape index (κ3) is 3.14. The predicted octanol–water partition coefficient (Wildman–Crippen LogP) is 3.29. The lowest BCUT2D eigenvalue weighted by atomic mass is 9.79. The van der Waals surface area contributed by atoms with Crippen LogP contribution in [0, 0.1) is 5.92 Å². The highest BCUT2D eigenvalue weighted by atomic mass is 32.2. The molecule has 0 radical (unpaired) electrons.